The van der Waals surface area contributed by atoms with Gasteiger partial charge in [-0.2, -0.15) is 0 Å². The van der Waals surface area contributed by atoms with E-state index in [2.05, 4.69) is 47.5 Å². The Balaban J connectivity index is 2.56. The first-order valence-corrected chi connectivity index (χ1v) is 4.67. The Morgan fingerprint density at radius 2 is 1.64 bits per heavy atom. The minimum Gasteiger partial charge on any atom is -0.264 e. The molecule has 1 heteroatoms. The van der Waals surface area contributed by atoms with Gasteiger partial charge in [0.05, 0.1) is 0 Å². The van der Waals surface area contributed by atoms with Gasteiger partial charge in [0, 0.05) is 18.0 Å². The third-order valence-electron chi connectivity index (χ3n) is 2.52. The fourth-order valence-electron chi connectivity index (χ4n) is 1.89. The number of rotatable bonds is 0. The van der Waals surface area contributed by atoms with Crippen molar-refractivity contribution in [2.24, 2.45) is 4.99 Å². The maximum atomic E-state index is 4.21. The van der Waals surface area contributed by atoms with Gasteiger partial charge in [-0.25, -0.2) is 0 Å². The van der Waals surface area contributed by atoms with Crippen LogP contribution in [0.4, 0.5) is 0 Å². The molecule has 0 spiro atoms. The Morgan fingerprint density at radius 3 is 2.50 bits per heavy atom. The van der Waals surface area contributed by atoms with Crippen molar-refractivity contribution in [3.63, 3.8) is 0 Å². The Bertz CT molecular complexity index is 503. The molecule has 14 heavy (non-hydrogen) atoms. The molecule has 0 radical (unpaired) electrons. The lowest BCUT2D eigenvalue weighted by Crippen LogP contribution is -1.85. The molecule has 0 atom stereocenters. The van der Waals surface area contributed by atoms with Crippen LogP contribution in [0.2, 0.25) is 0 Å². The van der Waals surface area contributed by atoms with Crippen LogP contribution in [-0.4, -0.2) is 6.21 Å². The van der Waals surface area contributed by atoms with Crippen molar-refractivity contribution in [3.8, 4) is 0 Å². The smallest absolute Gasteiger partial charge is 0.0346 e. The summed E-state index contributed by atoms with van der Waals surface area (Å²) < 4.78 is 0. The molecule has 66 valence electrons. The molecule has 2 aromatic rings. The molecular formula is C13H9N. The topological polar surface area (TPSA) is 12.4 Å². The van der Waals surface area contributed by atoms with Gasteiger partial charge in [0.1, 0.15) is 0 Å². The summed E-state index contributed by atoms with van der Waals surface area (Å²) in [7, 11) is 0. The maximum Gasteiger partial charge on any atom is 0.0346 e. The SMILES string of the molecule is C1=Cc2cccc3cccc(c23)C=N1. The zero-order valence-electron chi connectivity index (χ0n) is 7.64. The van der Waals surface area contributed by atoms with Crippen LogP contribution < -0.4 is 0 Å². The third kappa shape index (κ3) is 0.990. The van der Waals surface area contributed by atoms with E-state index < -0.39 is 0 Å². The standard InChI is InChI=1S/C13H9N/c1-3-10-4-2-6-12-9-14-8-7-11(5-1)13(10)12/h1-9H. The molecule has 3 rings (SSSR count). The Kier molecular flexibility index (Phi) is 1.51. The largest absolute Gasteiger partial charge is 0.264 e. The average molecular weight is 179 g/mol. The highest BCUT2D eigenvalue weighted by Gasteiger charge is 2.03. The summed E-state index contributed by atoms with van der Waals surface area (Å²) >= 11 is 0. The molecule has 0 amide bonds. The highest BCUT2D eigenvalue weighted by atomic mass is 14.7. The van der Waals surface area contributed by atoms with Crippen LogP contribution in [-0.2, 0) is 0 Å². The number of aliphatic imine (C=N–C) groups is 1. The number of nitrogens with zero attached hydrogens (tertiary/aromatic N) is 1. The molecule has 0 fully saturated rings. The van der Waals surface area contributed by atoms with Gasteiger partial charge in [-0.15, -0.1) is 0 Å². The minimum absolute atomic E-state index is 1.20. The van der Waals surface area contributed by atoms with Crippen molar-refractivity contribution >= 4 is 23.1 Å². The van der Waals surface area contributed by atoms with Crippen LogP contribution in [0.1, 0.15) is 11.1 Å². The van der Waals surface area contributed by atoms with Gasteiger partial charge >= 0.3 is 0 Å². The Morgan fingerprint density at radius 1 is 0.857 bits per heavy atom. The van der Waals surface area contributed by atoms with Crippen molar-refractivity contribution < 1.29 is 0 Å². The molecule has 0 saturated carbocycles. The van der Waals surface area contributed by atoms with Crippen LogP contribution in [0.3, 0.4) is 0 Å². The molecule has 0 saturated heterocycles. The Labute approximate surface area is 82.4 Å². The lowest BCUT2D eigenvalue weighted by molar-refractivity contribution is 1.62. The first-order valence-electron chi connectivity index (χ1n) is 4.67. The van der Waals surface area contributed by atoms with Gasteiger partial charge in [-0.05, 0) is 22.4 Å². The number of benzene rings is 2. The zero-order chi connectivity index (χ0) is 9.38. The molecule has 1 nitrogen and oxygen atoms in total. The van der Waals surface area contributed by atoms with Gasteiger partial charge in [0.15, 0.2) is 0 Å². The molecule has 1 aliphatic heterocycles. The van der Waals surface area contributed by atoms with Gasteiger partial charge in [-0.1, -0.05) is 36.4 Å². The first kappa shape index (κ1) is 7.51. The second-order valence-electron chi connectivity index (χ2n) is 3.39. The van der Waals surface area contributed by atoms with Crippen LogP contribution in [0.25, 0.3) is 16.8 Å². The fraction of sp³-hybridized carbons (Fsp3) is 0. The summed E-state index contributed by atoms with van der Waals surface area (Å²) in [4.78, 5) is 4.21. The van der Waals surface area contributed by atoms with E-state index in [1.807, 2.05) is 12.4 Å². The summed E-state index contributed by atoms with van der Waals surface area (Å²) in [5, 5.41) is 2.57. The van der Waals surface area contributed by atoms with Gasteiger partial charge < -0.3 is 0 Å². The molecule has 0 bridgehead atoms. The molecular weight excluding hydrogens is 170 g/mol. The molecule has 0 aromatic heterocycles. The van der Waals surface area contributed by atoms with Crippen molar-refractivity contribution in [1.29, 1.82) is 0 Å². The summed E-state index contributed by atoms with van der Waals surface area (Å²) in [6, 6.07) is 12.6. The zero-order valence-corrected chi connectivity index (χ0v) is 7.64. The van der Waals surface area contributed by atoms with Gasteiger partial charge in [0.2, 0.25) is 0 Å². The lowest BCUT2D eigenvalue weighted by atomic mass is 10.0. The van der Waals surface area contributed by atoms with Crippen molar-refractivity contribution in [2.75, 3.05) is 0 Å². The molecule has 0 aliphatic carbocycles. The van der Waals surface area contributed by atoms with Crippen molar-refractivity contribution in [2.45, 2.75) is 0 Å². The Hall–Kier alpha value is -1.89. The van der Waals surface area contributed by atoms with Crippen LogP contribution >= 0.6 is 0 Å². The monoisotopic (exact) mass is 179 g/mol. The van der Waals surface area contributed by atoms with E-state index in [9.17, 15) is 0 Å². The number of hydrogen-bond donors (Lipinski definition) is 0. The van der Waals surface area contributed by atoms with Crippen LogP contribution in [0.5, 0.6) is 0 Å². The summed E-state index contributed by atoms with van der Waals surface area (Å²) in [5.74, 6) is 0. The maximum absolute atomic E-state index is 4.21. The highest BCUT2D eigenvalue weighted by Crippen LogP contribution is 2.24. The highest BCUT2D eigenvalue weighted by molar-refractivity contribution is 6.05. The van der Waals surface area contributed by atoms with E-state index >= 15 is 0 Å². The number of hydrogen-bond acceptors (Lipinski definition) is 1. The molecule has 0 N–H and O–H groups in total. The third-order valence-corrected chi connectivity index (χ3v) is 2.52. The van der Waals surface area contributed by atoms with Crippen LogP contribution in [0.15, 0.2) is 47.6 Å². The second-order valence-corrected chi connectivity index (χ2v) is 3.39. The molecule has 0 unspecified atom stereocenters. The molecule has 1 aliphatic rings. The van der Waals surface area contributed by atoms with E-state index in [-0.39, 0.29) is 0 Å². The van der Waals surface area contributed by atoms with E-state index in [1.165, 1.54) is 21.9 Å². The van der Waals surface area contributed by atoms with Gasteiger partial charge in [0.25, 0.3) is 0 Å². The lowest BCUT2D eigenvalue weighted by Gasteiger charge is -2.03. The predicted molar refractivity (Wildman–Crippen MR) is 60.6 cm³/mol. The summed E-state index contributed by atoms with van der Waals surface area (Å²) in [5.41, 5.74) is 2.44. The normalized spacial score (nSPS) is 13.1. The minimum atomic E-state index is 1.20. The second kappa shape index (κ2) is 2.81. The summed E-state index contributed by atoms with van der Waals surface area (Å²) in [6.45, 7) is 0. The van der Waals surface area contributed by atoms with Crippen molar-refractivity contribution in [1.82, 2.24) is 0 Å². The van der Waals surface area contributed by atoms with E-state index in [4.69, 9.17) is 0 Å². The molecule has 1 heterocycles. The summed E-state index contributed by atoms with van der Waals surface area (Å²) in [6.07, 6.45) is 5.80. The average Bonchev–Trinajstić information content (AvgIpc) is 2.44. The quantitative estimate of drug-likeness (QED) is 0.588. The van der Waals surface area contributed by atoms with Gasteiger partial charge in [-0.3, -0.25) is 4.99 Å². The van der Waals surface area contributed by atoms with Crippen LogP contribution in [0, 0.1) is 0 Å². The fourth-order valence-corrected chi connectivity index (χ4v) is 1.89. The van der Waals surface area contributed by atoms with E-state index in [0.717, 1.165) is 0 Å². The van der Waals surface area contributed by atoms with Crippen molar-refractivity contribution in [3.05, 3.63) is 53.7 Å². The van der Waals surface area contributed by atoms with E-state index in [1.54, 1.807) is 0 Å². The molecule has 2 aromatic carbocycles. The predicted octanol–water partition coefficient (Wildman–Crippen LogP) is 3.24. The van der Waals surface area contributed by atoms with E-state index in [0.29, 0.717) is 0 Å². The first-order chi connectivity index (χ1) is 6.95.